The van der Waals surface area contributed by atoms with Gasteiger partial charge in [0.1, 0.15) is 6.04 Å². The van der Waals surface area contributed by atoms with Crippen LogP contribution in [0, 0.1) is 0 Å². The van der Waals surface area contributed by atoms with Crippen molar-refractivity contribution in [2.45, 2.75) is 12.6 Å². The van der Waals surface area contributed by atoms with Gasteiger partial charge in [0.2, 0.25) is 0 Å². The second-order valence-electron chi connectivity index (χ2n) is 2.59. The molecule has 1 fully saturated rings. The van der Waals surface area contributed by atoms with Gasteiger partial charge in [-0.05, 0) is 0 Å². The number of aromatic nitrogens is 3. The molecular weight excluding hydrogens is 144 g/mol. The van der Waals surface area contributed by atoms with E-state index in [2.05, 4.69) is 10.3 Å². The summed E-state index contributed by atoms with van der Waals surface area (Å²) in [6.45, 7) is 1.94. The molecule has 60 valence electrons. The van der Waals surface area contributed by atoms with Gasteiger partial charge >= 0.3 is 0 Å². The lowest BCUT2D eigenvalue weighted by Gasteiger charge is -2.25. The summed E-state index contributed by atoms with van der Waals surface area (Å²) in [5, 5.41) is 7.79. The minimum Gasteiger partial charge on any atom is -0.377 e. The van der Waals surface area contributed by atoms with Gasteiger partial charge in [-0.3, -0.25) is 0 Å². The van der Waals surface area contributed by atoms with E-state index in [4.69, 9.17) is 10.5 Å². The summed E-state index contributed by atoms with van der Waals surface area (Å²) >= 11 is 0. The highest BCUT2D eigenvalue weighted by molar-refractivity contribution is 4.92. The number of ether oxygens (including phenoxy) is 1. The topological polar surface area (TPSA) is 66.0 Å². The molecule has 0 spiro atoms. The van der Waals surface area contributed by atoms with Crippen molar-refractivity contribution < 1.29 is 4.74 Å². The lowest BCUT2D eigenvalue weighted by molar-refractivity contribution is -0.0293. The first kappa shape index (κ1) is 6.75. The highest BCUT2D eigenvalue weighted by Gasteiger charge is 2.21. The van der Waals surface area contributed by atoms with Gasteiger partial charge in [-0.25, -0.2) is 4.68 Å². The van der Waals surface area contributed by atoms with Crippen LogP contribution in [-0.4, -0.2) is 28.2 Å². The molecule has 2 heterocycles. The molecule has 1 aliphatic heterocycles. The molecule has 1 aromatic heterocycles. The molecule has 1 saturated heterocycles. The number of nitrogens with zero attached hydrogens (tertiary/aromatic N) is 3. The largest absolute Gasteiger partial charge is 0.377 e. The highest BCUT2D eigenvalue weighted by atomic mass is 16.5. The molecule has 0 bridgehead atoms. The van der Waals surface area contributed by atoms with Gasteiger partial charge in [0, 0.05) is 6.54 Å². The fourth-order valence-corrected chi connectivity index (χ4v) is 0.961. The normalized spacial score (nSPS) is 18.3. The van der Waals surface area contributed by atoms with Crippen LogP contribution >= 0.6 is 0 Å². The van der Waals surface area contributed by atoms with Crippen LogP contribution in [0.4, 0.5) is 0 Å². The van der Waals surface area contributed by atoms with Crippen molar-refractivity contribution >= 4 is 0 Å². The van der Waals surface area contributed by atoms with E-state index in [-0.39, 0.29) is 0 Å². The average molecular weight is 154 g/mol. The lowest BCUT2D eigenvalue weighted by Crippen LogP contribution is -2.30. The van der Waals surface area contributed by atoms with Gasteiger partial charge in [-0.1, -0.05) is 5.21 Å². The zero-order chi connectivity index (χ0) is 7.68. The molecule has 0 amide bonds. The number of nitrogens with two attached hydrogens (primary N) is 1. The predicted octanol–water partition coefficient (Wildman–Crippen LogP) is -0.692. The number of rotatable bonds is 2. The zero-order valence-corrected chi connectivity index (χ0v) is 6.10. The van der Waals surface area contributed by atoms with Crippen LogP contribution in [0.2, 0.25) is 0 Å². The average Bonchev–Trinajstić information content (AvgIpc) is 2.32. The predicted molar refractivity (Wildman–Crippen MR) is 37.8 cm³/mol. The lowest BCUT2D eigenvalue weighted by atomic mass is 10.3. The van der Waals surface area contributed by atoms with Crippen LogP contribution in [0.3, 0.4) is 0 Å². The van der Waals surface area contributed by atoms with E-state index in [0.29, 0.717) is 12.6 Å². The third kappa shape index (κ3) is 1.12. The monoisotopic (exact) mass is 154 g/mol. The second-order valence-corrected chi connectivity index (χ2v) is 2.59. The molecule has 0 aromatic carbocycles. The molecule has 0 atom stereocenters. The maximum Gasteiger partial charge on any atom is 0.100 e. The molecule has 5 nitrogen and oxygen atoms in total. The molecule has 0 unspecified atom stereocenters. The van der Waals surface area contributed by atoms with Gasteiger partial charge in [-0.15, -0.1) is 5.10 Å². The Labute approximate surface area is 64.1 Å². The Hall–Kier alpha value is -0.940. The van der Waals surface area contributed by atoms with Gasteiger partial charge in [0.15, 0.2) is 0 Å². The zero-order valence-electron chi connectivity index (χ0n) is 6.10. The Balaban J connectivity index is 2.11. The quantitative estimate of drug-likeness (QED) is 0.612. The minimum absolute atomic E-state index is 0.378. The maximum atomic E-state index is 5.38. The summed E-state index contributed by atoms with van der Waals surface area (Å²) in [6.07, 6.45) is 1.87. The minimum atomic E-state index is 0.378. The molecule has 1 aliphatic rings. The van der Waals surface area contributed by atoms with Crippen LogP contribution in [0.15, 0.2) is 6.20 Å². The highest BCUT2D eigenvalue weighted by Crippen LogP contribution is 2.14. The third-order valence-corrected chi connectivity index (χ3v) is 1.76. The first-order chi connectivity index (χ1) is 5.40. The fraction of sp³-hybridized carbons (Fsp3) is 0.667. The van der Waals surface area contributed by atoms with Crippen LogP contribution < -0.4 is 5.73 Å². The number of hydrogen-bond acceptors (Lipinski definition) is 4. The molecule has 2 rings (SSSR count). The van der Waals surface area contributed by atoms with Crippen molar-refractivity contribution in [3.8, 4) is 0 Å². The SMILES string of the molecule is NCc1cn(C2COC2)nn1. The van der Waals surface area contributed by atoms with E-state index in [1.54, 1.807) is 0 Å². The summed E-state index contributed by atoms with van der Waals surface area (Å²) in [7, 11) is 0. The fourth-order valence-electron chi connectivity index (χ4n) is 0.961. The van der Waals surface area contributed by atoms with Crippen LogP contribution in [0.25, 0.3) is 0 Å². The summed E-state index contributed by atoms with van der Waals surface area (Å²) in [5.41, 5.74) is 6.21. The standard InChI is InChI=1S/C6H10N4O/c7-1-5-2-10(9-8-5)6-3-11-4-6/h2,6H,1,3-4,7H2. The van der Waals surface area contributed by atoms with Crippen molar-refractivity contribution in [3.63, 3.8) is 0 Å². The Morgan fingerprint density at radius 1 is 1.73 bits per heavy atom. The molecule has 11 heavy (non-hydrogen) atoms. The summed E-state index contributed by atoms with van der Waals surface area (Å²) < 4.78 is 6.82. The van der Waals surface area contributed by atoms with Crippen molar-refractivity contribution in [1.82, 2.24) is 15.0 Å². The van der Waals surface area contributed by atoms with Gasteiger partial charge in [0.05, 0.1) is 25.1 Å². The van der Waals surface area contributed by atoms with E-state index < -0.39 is 0 Å². The van der Waals surface area contributed by atoms with Crippen molar-refractivity contribution in [1.29, 1.82) is 0 Å². The van der Waals surface area contributed by atoms with Crippen molar-refractivity contribution in [2.75, 3.05) is 13.2 Å². The van der Waals surface area contributed by atoms with E-state index >= 15 is 0 Å². The first-order valence-corrected chi connectivity index (χ1v) is 3.58. The van der Waals surface area contributed by atoms with Crippen molar-refractivity contribution in [3.05, 3.63) is 11.9 Å². The van der Waals surface area contributed by atoms with Crippen LogP contribution in [-0.2, 0) is 11.3 Å². The summed E-state index contributed by atoms with van der Waals surface area (Å²) in [4.78, 5) is 0. The summed E-state index contributed by atoms with van der Waals surface area (Å²) in [6, 6.07) is 0.378. The Kier molecular flexibility index (Phi) is 1.59. The smallest absolute Gasteiger partial charge is 0.100 e. The molecule has 0 saturated carbocycles. The van der Waals surface area contributed by atoms with E-state index in [1.807, 2.05) is 10.9 Å². The Morgan fingerprint density at radius 2 is 2.55 bits per heavy atom. The third-order valence-electron chi connectivity index (χ3n) is 1.76. The van der Waals surface area contributed by atoms with E-state index in [0.717, 1.165) is 18.9 Å². The van der Waals surface area contributed by atoms with Crippen LogP contribution in [0.5, 0.6) is 0 Å². The van der Waals surface area contributed by atoms with E-state index in [9.17, 15) is 0 Å². The van der Waals surface area contributed by atoms with Gasteiger partial charge in [0.25, 0.3) is 0 Å². The first-order valence-electron chi connectivity index (χ1n) is 3.58. The molecule has 5 heteroatoms. The van der Waals surface area contributed by atoms with Gasteiger partial charge < -0.3 is 10.5 Å². The summed E-state index contributed by atoms with van der Waals surface area (Å²) in [5.74, 6) is 0. The van der Waals surface area contributed by atoms with Crippen molar-refractivity contribution in [2.24, 2.45) is 5.73 Å². The Morgan fingerprint density at radius 3 is 3.00 bits per heavy atom. The molecule has 0 aliphatic carbocycles. The number of hydrogen-bond donors (Lipinski definition) is 1. The molecule has 0 radical (unpaired) electrons. The van der Waals surface area contributed by atoms with E-state index in [1.165, 1.54) is 0 Å². The van der Waals surface area contributed by atoms with Crippen LogP contribution in [0.1, 0.15) is 11.7 Å². The molecule has 1 aromatic rings. The molecular formula is C6H10N4O. The second kappa shape index (κ2) is 2.60. The molecule has 2 N–H and O–H groups in total. The maximum absolute atomic E-state index is 5.38. The van der Waals surface area contributed by atoms with Gasteiger partial charge in [-0.2, -0.15) is 0 Å². The Bertz CT molecular complexity index is 242.